The summed E-state index contributed by atoms with van der Waals surface area (Å²) in [6.45, 7) is 7.00. The zero-order valence-corrected chi connectivity index (χ0v) is 4.72. The SMILES string of the molecule is C=C/C=C\C(=C)C=N. The second-order valence-electron chi connectivity index (χ2n) is 1.31. The summed E-state index contributed by atoms with van der Waals surface area (Å²) < 4.78 is 0. The van der Waals surface area contributed by atoms with Gasteiger partial charge in [0.2, 0.25) is 0 Å². The zero-order valence-electron chi connectivity index (χ0n) is 4.72. The van der Waals surface area contributed by atoms with E-state index < -0.39 is 0 Å². The van der Waals surface area contributed by atoms with Gasteiger partial charge >= 0.3 is 0 Å². The summed E-state index contributed by atoms with van der Waals surface area (Å²) in [7, 11) is 0. The van der Waals surface area contributed by atoms with Crippen LogP contribution in [0.25, 0.3) is 0 Å². The lowest BCUT2D eigenvalue weighted by molar-refractivity contribution is 1.56. The van der Waals surface area contributed by atoms with Gasteiger partial charge in [0.15, 0.2) is 0 Å². The Balaban J connectivity index is 3.69. The minimum absolute atomic E-state index is 0.685. The van der Waals surface area contributed by atoms with Gasteiger partial charge in [0, 0.05) is 6.21 Å². The smallest absolute Gasteiger partial charge is 0.0244 e. The Labute approximate surface area is 49.5 Å². The molecule has 0 aliphatic carbocycles. The molecule has 0 rings (SSSR count). The third kappa shape index (κ3) is 3.09. The van der Waals surface area contributed by atoms with Gasteiger partial charge in [-0.25, -0.2) is 0 Å². The van der Waals surface area contributed by atoms with Gasteiger partial charge in [-0.05, 0) is 5.57 Å². The molecule has 0 aliphatic rings. The van der Waals surface area contributed by atoms with Crippen molar-refractivity contribution in [2.24, 2.45) is 0 Å². The molecule has 0 bridgehead atoms. The molecular weight excluding hydrogens is 98.1 g/mol. The first kappa shape index (κ1) is 6.89. The van der Waals surface area contributed by atoms with Crippen LogP contribution in [-0.4, -0.2) is 6.21 Å². The van der Waals surface area contributed by atoms with E-state index in [1.807, 2.05) is 0 Å². The zero-order chi connectivity index (χ0) is 6.41. The van der Waals surface area contributed by atoms with Crippen molar-refractivity contribution < 1.29 is 0 Å². The molecule has 1 heteroatoms. The molecular formula is C7H9N. The Bertz CT molecular complexity index is 131. The van der Waals surface area contributed by atoms with Crippen LogP contribution in [0.5, 0.6) is 0 Å². The molecule has 0 fully saturated rings. The third-order valence-corrected chi connectivity index (χ3v) is 0.632. The van der Waals surface area contributed by atoms with E-state index in [1.54, 1.807) is 18.2 Å². The number of hydrogen-bond acceptors (Lipinski definition) is 1. The van der Waals surface area contributed by atoms with Crippen LogP contribution in [0.2, 0.25) is 0 Å². The van der Waals surface area contributed by atoms with Crippen LogP contribution in [0.3, 0.4) is 0 Å². The van der Waals surface area contributed by atoms with Crippen LogP contribution in [0.15, 0.2) is 37.0 Å². The summed E-state index contributed by atoms with van der Waals surface area (Å²) >= 11 is 0. The lowest BCUT2D eigenvalue weighted by Gasteiger charge is -1.79. The van der Waals surface area contributed by atoms with E-state index in [2.05, 4.69) is 13.2 Å². The molecule has 0 spiro atoms. The Morgan fingerprint density at radius 3 is 2.50 bits per heavy atom. The minimum Gasteiger partial charge on any atom is -0.308 e. The highest BCUT2D eigenvalue weighted by molar-refractivity contribution is 5.78. The van der Waals surface area contributed by atoms with Crippen molar-refractivity contribution >= 4 is 6.21 Å². The Morgan fingerprint density at radius 1 is 1.50 bits per heavy atom. The number of rotatable bonds is 3. The topological polar surface area (TPSA) is 23.9 Å². The Morgan fingerprint density at radius 2 is 2.12 bits per heavy atom. The summed E-state index contributed by atoms with van der Waals surface area (Å²) in [5.74, 6) is 0. The predicted molar refractivity (Wildman–Crippen MR) is 37.3 cm³/mol. The standard InChI is InChI=1S/C7H9N/c1-3-4-5-7(2)6-8/h3-6,8H,1-2H2/b5-4-,8-6?. The fourth-order valence-corrected chi connectivity index (χ4v) is 0.240. The molecule has 0 saturated carbocycles. The van der Waals surface area contributed by atoms with Crippen molar-refractivity contribution in [3.63, 3.8) is 0 Å². The highest BCUT2D eigenvalue weighted by Crippen LogP contribution is 1.85. The van der Waals surface area contributed by atoms with E-state index in [4.69, 9.17) is 5.41 Å². The van der Waals surface area contributed by atoms with E-state index >= 15 is 0 Å². The summed E-state index contributed by atoms with van der Waals surface area (Å²) in [5, 5.41) is 6.68. The quantitative estimate of drug-likeness (QED) is 0.421. The number of hydrogen-bond donors (Lipinski definition) is 1. The van der Waals surface area contributed by atoms with Gasteiger partial charge in [0.1, 0.15) is 0 Å². The van der Waals surface area contributed by atoms with Crippen LogP contribution in [0.1, 0.15) is 0 Å². The summed E-state index contributed by atoms with van der Waals surface area (Å²) in [5.41, 5.74) is 0.685. The average Bonchev–Trinajstić information content (AvgIpc) is 1.83. The van der Waals surface area contributed by atoms with Gasteiger partial charge in [-0.15, -0.1) is 0 Å². The maximum Gasteiger partial charge on any atom is 0.0244 e. The first-order valence-electron chi connectivity index (χ1n) is 2.29. The predicted octanol–water partition coefficient (Wildman–Crippen LogP) is 1.93. The lowest BCUT2D eigenvalue weighted by Crippen LogP contribution is -1.69. The molecule has 0 aromatic rings. The van der Waals surface area contributed by atoms with Gasteiger partial charge in [0.05, 0.1) is 0 Å². The second-order valence-corrected chi connectivity index (χ2v) is 1.31. The van der Waals surface area contributed by atoms with Crippen LogP contribution in [0.4, 0.5) is 0 Å². The van der Waals surface area contributed by atoms with Crippen molar-refractivity contribution in [3.05, 3.63) is 37.0 Å². The van der Waals surface area contributed by atoms with Gasteiger partial charge in [-0.3, -0.25) is 0 Å². The van der Waals surface area contributed by atoms with Gasteiger partial charge < -0.3 is 5.41 Å². The van der Waals surface area contributed by atoms with Crippen molar-refractivity contribution in [2.75, 3.05) is 0 Å². The van der Waals surface area contributed by atoms with Crippen LogP contribution in [0, 0.1) is 5.41 Å². The molecule has 8 heavy (non-hydrogen) atoms. The molecule has 0 amide bonds. The minimum atomic E-state index is 0.685. The van der Waals surface area contributed by atoms with Gasteiger partial charge in [-0.1, -0.05) is 31.4 Å². The second kappa shape index (κ2) is 4.06. The molecule has 0 aromatic carbocycles. The highest BCUT2D eigenvalue weighted by Gasteiger charge is 1.72. The van der Waals surface area contributed by atoms with E-state index in [-0.39, 0.29) is 0 Å². The van der Waals surface area contributed by atoms with Crippen LogP contribution in [-0.2, 0) is 0 Å². The Kier molecular flexibility index (Phi) is 3.50. The highest BCUT2D eigenvalue weighted by atomic mass is 14.3. The molecule has 0 unspecified atom stereocenters. The molecule has 0 aliphatic heterocycles. The summed E-state index contributed by atoms with van der Waals surface area (Å²) in [6.07, 6.45) is 6.31. The van der Waals surface area contributed by atoms with Crippen LogP contribution >= 0.6 is 0 Å². The molecule has 0 atom stereocenters. The van der Waals surface area contributed by atoms with E-state index in [0.29, 0.717) is 5.57 Å². The fraction of sp³-hybridized carbons (Fsp3) is 0. The number of allylic oxidation sites excluding steroid dienone is 4. The van der Waals surface area contributed by atoms with Gasteiger partial charge in [-0.2, -0.15) is 0 Å². The van der Waals surface area contributed by atoms with Gasteiger partial charge in [0.25, 0.3) is 0 Å². The molecule has 0 radical (unpaired) electrons. The summed E-state index contributed by atoms with van der Waals surface area (Å²) in [4.78, 5) is 0. The van der Waals surface area contributed by atoms with E-state index in [1.165, 1.54) is 6.21 Å². The molecule has 0 saturated heterocycles. The van der Waals surface area contributed by atoms with Crippen molar-refractivity contribution in [3.8, 4) is 0 Å². The first-order chi connectivity index (χ1) is 3.81. The van der Waals surface area contributed by atoms with Crippen molar-refractivity contribution in [2.45, 2.75) is 0 Å². The fourth-order valence-electron chi connectivity index (χ4n) is 0.240. The lowest BCUT2D eigenvalue weighted by atomic mass is 10.3. The normalized spacial score (nSPS) is 9.00. The average molecular weight is 107 g/mol. The molecule has 1 N–H and O–H groups in total. The third-order valence-electron chi connectivity index (χ3n) is 0.632. The number of nitrogens with one attached hydrogen (secondary N) is 1. The Hall–Kier alpha value is -1.11. The molecule has 0 heterocycles. The summed E-state index contributed by atoms with van der Waals surface area (Å²) in [6, 6.07) is 0. The van der Waals surface area contributed by atoms with Crippen LogP contribution < -0.4 is 0 Å². The van der Waals surface area contributed by atoms with E-state index in [0.717, 1.165) is 0 Å². The molecule has 0 aromatic heterocycles. The van der Waals surface area contributed by atoms with E-state index in [9.17, 15) is 0 Å². The maximum atomic E-state index is 6.68. The van der Waals surface area contributed by atoms with Crippen molar-refractivity contribution in [1.82, 2.24) is 0 Å². The monoisotopic (exact) mass is 107 g/mol. The maximum absolute atomic E-state index is 6.68. The molecule has 1 nitrogen and oxygen atoms in total. The van der Waals surface area contributed by atoms with Crippen molar-refractivity contribution in [1.29, 1.82) is 5.41 Å². The molecule has 42 valence electrons. The largest absolute Gasteiger partial charge is 0.308 e. The first-order valence-corrected chi connectivity index (χ1v) is 2.29.